The van der Waals surface area contributed by atoms with Gasteiger partial charge in [0.25, 0.3) is 5.91 Å². The number of rotatable bonds is 5. The summed E-state index contributed by atoms with van der Waals surface area (Å²) in [5, 5.41) is 9.45. The van der Waals surface area contributed by atoms with Gasteiger partial charge in [-0.3, -0.25) is 9.69 Å². The van der Waals surface area contributed by atoms with E-state index in [1.54, 1.807) is 19.1 Å². The number of halogens is 1. The second-order valence-corrected chi connectivity index (χ2v) is 6.95. The molecule has 122 valence electrons. The van der Waals surface area contributed by atoms with Crippen LogP contribution in [0, 0.1) is 11.7 Å². The largest absolute Gasteiger partial charge is 0.480 e. The van der Waals surface area contributed by atoms with E-state index in [0.29, 0.717) is 16.9 Å². The molecule has 1 aliphatic heterocycles. The molecule has 0 saturated carbocycles. The molecular weight excluding hydrogens is 337 g/mol. The molecule has 0 unspecified atom stereocenters. The second-order valence-electron chi connectivity index (χ2n) is 5.28. The number of amides is 1. The van der Waals surface area contributed by atoms with E-state index in [1.165, 1.54) is 18.2 Å². The van der Waals surface area contributed by atoms with E-state index in [4.69, 9.17) is 12.2 Å². The number of aliphatic carboxylic acids is 1. The molecule has 7 heteroatoms. The first-order valence-electron chi connectivity index (χ1n) is 7.10. The standard InChI is InChI=1S/C16H16FNO3S2/c1-3-9(2)13(15(20)21)18-14(19)12(23-16(18)22)8-10-5-4-6-11(17)7-10/h4-9,13H,3H2,1-2H3,(H,20,21)/b12-8-/t9-,13+/m1/s1. The topological polar surface area (TPSA) is 57.6 Å². The highest BCUT2D eigenvalue weighted by atomic mass is 32.2. The molecule has 1 aromatic rings. The minimum atomic E-state index is -1.08. The number of carbonyl (C=O) groups excluding carboxylic acids is 1. The lowest BCUT2D eigenvalue weighted by Gasteiger charge is -2.27. The minimum absolute atomic E-state index is 0.213. The van der Waals surface area contributed by atoms with Crippen LogP contribution in [-0.4, -0.2) is 32.2 Å². The van der Waals surface area contributed by atoms with Crippen molar-refractivity contribution in [1.82, 2.24) is 4.90 Å². The van der Waals surface area contributed by atoms with Gasteiger partial charge in [-0.05, 0) is 29.7 Å². The number of carboxylic acid groups (broad SMARTS) is 1. The average molecular weight is 353 g/mol. The van der Waals surface area contributed by atoms with Crippen molar-refractivity contribution in [3.63, 3.8) is 0 Å². The number of hydrogen-bond acceptors (Lipinski definition) is 4. The Morgan fingerprint density at radius 2 is 2.22 bits per heavy atom. The predicted molar refractivity (Wildman–Crippen MR) is 92.3 cm³/mol. The van der Waals surface area contributed by atoms with Gasteiger partial charge in [0.05, 0.1) is 4.91 Å². The molecule has 1 saturated heterocycles. The molecule has 1 N–H and O–H groups in total. The van der Waals surface area contributed by atoms with Crippen LogP contribution in [-0.2, 0) is 9.59 Å². The fourth-order valence-electron chi connectivity index (χ4n) is 2.30. The summed E-state index contributed by atoms with van der Waals surface area (Å²) < 4.78 is 13.5. The van der Waals surface area contributed by atoms with Gasteiger partial charge < -0.3 is 5.11 Å². The fraction of sp³-hybridized carbons (Fsp3) is 0.312. The molecule has 0 aliphatic carbocycles. The Bertz CT molecular complexity index is 690. The molecule has 1 fully saturated rings. The molecule has 0 spiro atoms. The lowest BCUT2D eigenvalue weighted by molar-refractivity contribution is -0.147. The molecule has 23 heavy (non-hydrogen) atoms. The quantitative estimate of drug-likeness (QED) is 0.648. The lowest BCUT2D eigenvalue weighted by atomic mass is 9.98. The number of benzene rings is 1. The summed E-state index contributed by atoms with van der Waals surface area (Å²) in [6.45, 7) is 3.63. The van der Waals surface area contributed by atoms with Crippen molar-refractivity contribution in [3.8, 4) is 0 Å². The number of carboxylic acids is 1. The first kappa shape index (κ1) is 17.6. The van der Waals surface area contributed by atoms with E-state index in [2.05, 4.69) is 0 Å². The van der Waals surface area contributed by atoms with E-state index in [0.717, 1.165) is 16.7 Å². The maximum atomic E-state index is 13.2. The first-order chi connectivity index (χ1) is 10.8. The van der Waals surface area contributed by atoms with Crippen LogP contribution in [0.3, 0.4) is 0 Å². The zero-order chi connectivity index (χ0) is 17.1. The van der Waals surface area contributed by atoms with E-state index >= 15 is 0 Å². The van der Waals surface area contributed by atoms with E-state index in [1.807, 2.05) is 6.92 Å². The van der Waals surface area contributed by atoms with Crippen LogP contribution in [0.1, 0.15) is 25.8 Å². The highest BCUT2D eigenvalue weighted by Gasteiger charge is 2.42. The van der Waals surface area contributed by atoms with E-state index < -0.39 is 23.7 Å². The van der Waals surface area contributed by atoms with Gasteiger partial charge in [0, 0.05) is 0 Å². The predicted octanol–water partition coefficient (Wildman–Crippen LogP) is 3.53. The lowest BCUT2D eigenvalue weighted by Crippen LogP contribution is -2.47. The Hall–Kier alpha value is -1.73. The summed E-state index contributed by atoms with van der Waals surface area (Å²) in [6, 6.07) is 4.83. The van der Waals surface area contributed by atoms with Crippen LogP contribution < -0.4 is 0 Å². The van der Waals surface area contributed by atoms with Crippen molar-refractivity contribution >= 4 is 46.3 Å². The van der Waals surface area contributed by atoms with Gasteiger partial charge >= 0.3 is 5.97 Å². The van der Waals surface area contributed by atoms with Gasteiger partial charge in [0.2, 0.25) is 0 Å². The summed E-state index contributed by atoms with van der Waals surface area (Å²) in [4.78, 5) is 25.6. The highest BCUT2D eigenvalue weighted by Crippen LogP contribution is 2.36. The maximum Gasteiger partial charge on any atom is 0.327 e. The van der Waals surface area contributed by atoms with Crippen molar-refractivity contribution in [2.24, 2.45) is 5.92 Å². The number of nitrogens with zero attached hydrogens (tertiary/aromatic N) is 1. The molecule has 0 bridgehead atoms. The highest BCUT2D eigenvalue weighted by molar-refractivity contribution is 8.26. The van der Waals surface area contributed by atoms with Gasteiger partial charge in [0.1, 0.15) is 16.2 Å². The number of thiocarbonyl (C=S) groups is 1. The molecule has 0 aromatic heterocycles. The first-order valence-corrected chi connectivity index (χ1v) is 8.33. The van der Waals surface area contributed by atoms with Gasteiger partial charge in [-0.1, -0.05) is 56.4 Å². The monoisotopic (exact) mass is 353 g/mol. The number of thioether (sulfide) groups is 1. The van der Waals surface area contributed by atoms with Crippen molar-refractivity contribution in [2.75, 3.05) is 0 Å². The third-order valence-corrected chi connectivity index (χ3v) is 5.01. The van der Waals surface area contributed by atoms with Crippen LogP contribution >= 0.6 is 24.0 Å². The zero-order valence-electron chi connectivity index (χ0n) is 12.7. The Balaban J connectivity index is 2.34. The van der Waals surface area contributed by atoms with Crippen molar-refractivity contribution < 1.29 is 19.1 Å². The van der Waals surface area contributed by atoms with Crippen LogP contribution in [0.15, 0.2) is 29.2 Å². The van der Waals surface area contributed by atoms with Gasteiger partial charge in [-0.2, -0.15) is 0 Å². The molecule has 2 atom stereocenters. The van der Waals surface area contributed by atoms with Crippen LogP contribution in [0.4, 0.5) is 4.39 Å². The molecule has 1 aromatic carbocycles. The van der Waals surface area contributed by atoms with Crippen LogP contribution in [0.25, 0.3) is 6.08 Å². The van der Waals surface area contributed by atoms with Gasteiger partial charge in [0.15, 0.2) is 0 Å². The zero-order valence-corrected chi connectivity index (χ0v) is 14.3. The molecule has 0 radical (unpaired) electrons. The molecular formula is C16H16FNO3S2. The summed E-state index contributed by atoms with van der Waals surface area (Å²) in [6.07, 6.45) is 2.13. The SMILES string of the molecule is CC[C@@H](C)[C@@H](C(=O)O)N1C(=O)/C(=C/c2cccc(F)c2)SC1=S. The van der Waals surface area contributed by atoms with Crippen molar-refractivity contribution in [2.45, 2.75) is 26.3 Å². The van der Waals surface area contributed by atoms with Gasteiger partial charge in [-0.15, -0.1) is 0 Å². The summed E-state index contributed by atoms with van der Waals surface area (Å²) in [5.74, 6) is -2.17. The normalized spacial score (nSPS) is 19.3. The molecule has 2 rings (SSSR count). The molecule has 1 amide bonds. The van der Waals surface area contributed by atoms with Crippen molar-refractivity contribution in [3.05, 3.63) is 40.6 Å². The fourth-order valence-corrected chi connectivity index (χ4v) is 3.63. The van der Waals surface area contributed by atoms with Crippen LogP contribution in [0.5, 0.6) is 0 Å². The summed E-state index contributed by atoms with van der Waals surface area (Å²) in [7, 11) is 0. The Morgan fingerprint density at radius 3 is 2.78 bits per heavy atom. The van der Waals surface area contributed by atoms with Crippen LogP contribution in [0.2, 0.25) is 0 Å². The Labute approximate surface area is 143 Å². The Kier molecular flexibility index (Phi) is 5.54. The van der Waals surface area contributed by atoms with E-state index in [-0.39, 0.29) is 10.2 Å². The molecule has 1 aliphatic rings. The Morgan fingerprint density at radius 1 is 1.52 bits per heavy atom. The number of hydrogen-bond donors (Lipinski definition) is 1. The van der Waals surface area contributed by atoms with Gasteiger partial charge in [-0.25, -0.2) is 9.18 Å². The third-order valence-electron chi connectivity index (χ3n) is 3.68. The summed E-state index contributed by atoms with van der Waals surface area (Å²) >= 11 is 6.23. The molecule has 1 heterocycles. The summed E-state index contributed by atoms with van der Waals surface area (Å²) in [5.41, 5.74) is 0.529. The second kappa shape index (κ2) is 7.23. The smallest absolute Gasteiger partial charge is 0.327 e. The van der Waals surface area contributed by atoms with E-state index in [9.17, 15) is 19.1 Å². The van der Waals surface area contributed by atoms with Crippen molar-refractivity contribution in [1.29, 1.82) is 0 Å². The molecule has 4 nitrogen and oxygen atoms in total. The average Bonchev–Trinajstić information content (AvgIpc) is 2.75. The third kappa shape index (κ3) is 3.79. The maximum absolute atomic E-state index is 13.2. The minimum Gasteiger partial charge on any atom is -0.480 e. The number of carbonyl (C=O) groups is 2.